The third-order valence-electron chi connectivity index (χ3n) is 0.820. The molecule has 0 amide bonds. The normalized spacial score (nSPS) is 10.8. The van der Waals surface area contributed by atoms with E-state index < -0.39 is 0 Å². The first-order valence-electron chi connectivity index (χ1n) is 3.21. The Balaban J connectivity index is 2.77. The fourth-order valence-corrected chi connectivity index (χ4v) is 1.55. The number of halogens is 2. The Bertz CT molecular complexity index is 70.8. The average Bonchev–Trinajstić information content (AvgIpc) is 1.87. The first-order chi connectivity index (χ1) is 4.77. The van der Waals surface area contributed by atoms with Gasteiger partial charge in [-0.1, -0.05) is 0 Å². The van der Waals surface area contributed by atoms with Crippen LogP contribution in [0.5, 0.6) is 0 Å². The lowest BCUT2D eigenvalue weighted by molar-refractivity contribution is 0.164. The van der Waals surface area contributed by atoms with Crippen LogP contribution >= 0.6 is 35.0 Å². The monoisotopic (exact) mass is 202 g/mol. The maximum absolute atomic E-state index is 5.49. The van der Waals surface area contributed by atoms with Crippen LogP contribution in [0.4, 0.5) is 0 Å². The molecule has 0 radical (unpaired) electrons. The Labute approximate surface area is 76.4 Å². The molecule has 0 atom stereocenters. The van der Waals surface area contributed by atoms with Crippen LogP contribution in [-0.4, -0.2) is 29.6 Å². The molecule has 0 aromatic heterocycles. The van der Waals surface area contributed by atoms with Crippen LogP contribution in [0, 0.1) is 0 Å². The van der Waals surface area contributed by atoms with Gasteiger partial charge in [0.2, 0.25) is 0 Å². The standard InChI is InChI=1S/C6H12Cl2OS/c1-2-9-3-4-10-5-6(7)8/h6H,2-5H2,1H3. The van der Waals surface area contributed by atoms with Crippen molar-refractivity contribution in [2.24, 2.45) is 0 Å². The molecule has 0 spiro atoms. The second-order valence-electron chi connectivity index (χ2n) is 1.66. The van der Waals surface area contributed by atoms with Crippen molar-refractivity contribution >= 4 is 35.0 Å². The summed E-state index contributed by atoms with van der Waals surface area (Å²) in [7, 11) is 0. The third-order valence-corrected chi connectivity index (χ3v) is 2.52. The first-order valence-corrected chi connectivity index (χ1v) is 5.23. The molecule has 0 aliphatic heterocycles. The largest absolute Gasteiger partial charge is 0.381 e. The molecular formula is C6H12Cl2OS. The highest BCUT2D eigenvalue weighted by Crippen LogP contribution is 2.10. The molecule has 4 heteroatoms. The van der Waals surface area contributed by atoms with Gasteiger partial charge in [-0.15, -0.1) is 23.2 Å². The van der Waals surface area contributed by atoms with Gasteiger partial charge >= 0.3 is 0 Å². The van der Waals surface area contributed by atoms with E-state index in [1.54, 1.807) is 11.8 Å². The van der Waals surface area contributed by atoms with E-state index in [0.29, 0.717) is 0 Å². The predicted octanol–water partition coefficient (Wildman–Crippen LogP) is 2.56. The Morgan fingerprint density at radius 2 is 2.20 bits per heavy atom. The Morgan fingerprint density at radius 1 is 1.50 bits per heavy atom. The Kier molecular flexibility index (Phi) is 8.70. The van der Waals surface area contributed by atoms with E-state index in [4.69, 9.17) is 27.9 Å². The second-order valence-corrected chi connectivity index (χ2v) is 4.09. The molecule has 10 heavy (non-hydrogen) atoms. The van der Waals surface area contributed by atoms with E-state index in [2.05, 4.69) is 0 Å². The summed E-state index contributed by atoms with van der Waals surface area (Å²) in [5.74, 6) is 1.76. The van der Waals surface area contributed by atoms with Crippen LogP contribution in [0.15, 0.2) is 0 Å². The van der Waals surface area contributed by atoms with Gasteiger partial charge in [0.25, 0.3) is 0 Å². The third kappa shape index (κ3) is 8.89. The lowest BCUT2D eigenvalue weighted by atomic mass is 10.8. The summed E-state index contributed by atoms with van der Waals surface area (Å²) in [4.78, 5) is -0.244. The van der Waals surface area contributed by atoms with E-state index in [0.717, 1.165) is 24.7 Å². The number of hydrogen-bond donors (Lipinski definition) is 0. The van der Waals surface area contributed by atoms with Gasteiger partial charge in [0.15, 0.2) is 0 Å². The molecule has 0 N–H and O–H groups in total. The highest BCUT2D eigenvalue weighted by molar-refractivity contribution is 7.99. The first kappa shape index (κ1) is 10.9. The summed E-state index contributed by atoms with van der Waals surface area (Å²) >= 11 is 12.7. The number of thioether (sulfide) groups is 1. The van der Waals surface area contributed by atoms with E-state index in [1.165, 1.54) is 0 Å². The van der Waals surface area contributed by atoms with Gasteiger partial charge in [-0.2, -0.15) is 11.8 Å². The van der Waals surface area contributed by atoms with E-state index in [1.807, 2.05) is 6.92 Å². The fourth-order valence-electron chi connectivity index (χ4n) is 0.435. The number of ether oxygens (including phenoxy) is 1. The van der Waals surface area contributed by atoms with Crippen molar-refractivity contribution in [2.45, 2.75) is 11.8 Å². The lowest BCUT2D eigenvalue weighted by Crippen LogP contribution is -1.99. The fraction of sp³-hybridized carbons (Fsp3) is 1.00. The maximum Gasteiger partial charge on any atom is 0.116 e. The minimum absolute atomic E-state index is 0.244. The molecule has 0 bridgehead atoms. The van der Waals surface area contributed by atoms with Gasteiger partial charge in [-0.3, -0.25) is 0 Å². The van der Waals surface area contributed by atoms with Gasteiger partial charge in [0, 0.05) is 18.1 Å². The van der Waals surface area contributed by atoms with Crippen molar-refractivity contribution in [3.05, 3.63) is 0 Å². The van der Waals surface area contributed by atoms with Gasteiger partial charge in [-0.25, -0.2) is 0 Å². The van der Waals surface area contributed by atoms with E-state index in [9.17, 15) is 0 Å². The molecule has 0 aliphatic rings. The summed E-state index contributed by atoms with van der Waals surface area (Å²) in [6, 6.07) is 0. The molecule has 0 aliphatic carbocycles. The van der Waals surface area contributed by atoms with E-state index in [-0.39, 0.29) is 4.84 Å². The van der Waals surface area contributed by atoms with Crippen LogP contribution < -0.4 is 0 Å². The van der Waals surface area contributed by atoms with Crippen molar-refractivity contribution in [1.82, 2.24) is 0 Å². The van der Waals surface area contributed by atoms with E-state index >= 15 is 0 Å². The van der Waals surface area contributed by atoms with Crippen molar-refractivity contribution in [3.8, 4) is 0 Å². The van der Waals surface area contributed by atoms with Crippen molar-refractivity contribution < 1.29 is 4.74 Å². The summed E-state index contributed by atoms with van der Waals surface area (Å²) in [6.07, 6.45) is 0. The molecule has 0 saturated heterocycles. The van der Waals surface area contributed by atoms with Crippen molar-refractivity contribution in [3.63, 3.8) is 0 Å². The molecule has 1 nitrogen and oxygen atoms in total. The molecule has 0 rings (SSSR count). The molecule has 0 heterocycles. The summed E-state index contributed by atoms with van der Waals surface area (Å²) in [6.45, 7) is 3.56. The van der Waals surface area contributed by atoms with Crippen LogP contribution in [-0.2, 0) is 4.74 Å². The van der Waals surface area contributed by atoms with Crippen LogP contribution in [0.25, 0.3) is 0 Å². The van der Waals surface area contributed by atoms with Gasteiger partial charge in [0.1, 0.15) is 4.84 Å². The van der Waals surface area contributed by atoms with Crippen molar-refractivity contribution in [2.75, 3.05) is 24.7 Å². The van der Waals surface area contributed by atoms with Gasteiger partial charge in [-0.05, 0) is 6.92 Å². The zero-order valence-corrected chi connectivity index (χ0v) is 8.31. The van der Waals surface area contributed by atoms with Gasteiger partial charge < -0.3 is 4.74 Å². The molecule has 0 saturated carbocycles. The zero-order chi connectivity index (χ0) is 7.82. The molecule has 0 unspecified atom stereocenters. The topological polar surface area (TPSA) is 9.23 Å². The highest BCUT2D eigenvalue weighted by atomic mass is 35.5. The molecule has 0 fully saturated rings. The number of alkyl halides is 2. The maximum atomic E-state index is 5.49. The molecule has 0 aromatic carbocycles. The molecular weight excluding hydrogens is 191 g/mol. The summed E-state index contributed by atoms with van der Waals surface area (Å²) in [5, 5.41) is 0. The van der Waals surface area contributed by atoms with Crippen LogP contribution in [0.2, 0.25) is 0 Å². The smallest absolute Gasteiger partial charge is 0.116 e. The molecule has 62 valence electrons. The number of hydrogen-bond acceptors (Lipinski definition) is 2. The van der Waals surface area contributed by atoms with Crippen molar-refractivity contribution in [1.29, 1.82) is 0 Å². The summed E-state index contributed by atoms with van der Waals surface area (Å²) in [5.41, 5.74) is 0. The highest BCUT2D eigenvalue weighted by Gasteiger charge is 1.96. The van der Waals surface area contributed by atoms with Crippen LogP contribution in [0.3, 0.4) is 0 Å². The Hall–Kier alpha value is 0.890. The van der Waals surface area contributed by atoms with Gasteiger partial charge in [0.05, 0.1) is 6.61 Å². The minimum Gasteiger partial charge on any atom is -0.381 e. The summed E-state index contributed by atoms with van der Waals surface area (Å²) < 4.78 is 5.11. The quantitative estimate of drug-likeness (QED) is 0.484. The predicted molar refractivity (Wildman–Crippen MR) is 49.3 cm³/mol. The van der Waals surface area contributed by atoms with Crippen LogP contribution in [0.1, 0.15) is 6.92 Å². The minimum atomic E-state index is -0.244. The SMILES string of the molecule is CCOCCSCC(Cl)Cl. The molecule has 0 aromatic rings. The lowest BCUT2D eigenvalue weighted by Gasteiger charge is -2.01. The Morgan fingerprint density at radius 3 is 2.70 bits per heavy atom. The number of rotatable bonds is 6. The average molecular weight is 203 g/mol. The zero-order valence-electron chi connectivity index (χ0n) is 5.98. The second kappa shape index (κ2) is 7.99.